The predicted molar refractivity (Wildman–Crippen MR) is 136 cm³/mol. The van der Waals surface area contributed by atoms with Crippen molar-refractivity contribution in [2.24, 2.45) is 0 Å². The summed E-state index contributed by atoms with van der Waals surface area (Å²) >= 11 is 8.17. The van der Waals surface area contributed by atoms with Crippen molar-refractivity contribution < 1.29 is 23.7 Å². The van der Waals surface area contributed by atoms with Crippen molar-refractivity contribution >= 4 is 29.3 Å². The molecular formula is C26H29ClN2O5S. The maximum Gasteiger partial charge on any atom is 0.359 e. The third-order valence-corrected chi connectivity index (χ3v) is 7.14. The van der Waals surface area contributed by atoms with Crippen LogP contribution < -0.4 is 14.2 Å². The molecule has 0 saturated carbocycles. The highest BCUT2D eigenvalue weighted by atomic mass is 35.5. The lowest BCUT2D eigenvalue weighted by atomic mass is 10.2. The largest absolute Gasteiger partial charge is 0.497 e. The first-order chi connectivity index (χ1) is 17.0. The van der Waals surface area contributed by atoms with E-state index in [2.05, 4.69) is 11.5 Å². The van der Waals surface area contributed by atoms with E-state index in [1.165, 1.54) is 0 Å². The Labute approximate surface area is 214 Å². The van der Waals surface area contributed by atoms with Crippen molar-refractivity contribution in [1.82, 2.24) is 9.55 Å². The van der Waals surface area contributed by atoms with Crippen LogP contribution in [0.2, 0.25) is 5.02 Å². The van der Waals surface area contributed by atoms with Gasteiger partial charge in [-0.3, -0.25) is 0 Å². The average Bonchev–Trinajstić information content (AvgIpc) is 3.46. The highest BCUT2D eigenvalue weighted by Crippen LogP contribution is 2.38. The lowest BCUT2D eigenvalue weighted by molar-refractivity contribution is 0.0515. The number of fused-ring (bicyclic) bond motifs is 1. The Morgan fingerprint density at radius 1 is 1.17 bits per heavy atom. The molecule has 2 aromatic carbocycles. The van der Waals surface area contributed by atoms with Gasteiger partial charge in [0.2, 0.25) is 6.79 Å². The van der Waals surface area contributed by atoms with Gasteiger partial charge in [-0.25, -0.2) is 9.78 Å². The van der Waals surface area contributed by atoms with Gasteiger partial charge in [0, 0.05) is 23.3 Å². The van der Waals surface area contributed by atoms with E-state index in [1.807, 2.05) is 30.3 Å². The minimum absolute atomic E-state index is 0.178. The second-order valence-corrected chi connectivity index (χ2v) is 9.40. The highest BCUT2D eigenvalue weighted by molar-refractivity contribution is 7.98. The third kappa shape index (κ3) is 5.87. The molecule has 9 heteroatoms. The lowest BCUT2D eigenvalue weighted by Crippen LogP contribution is -2.09. The Hall–Kier alpha value is -2.84. The van der Waals surface area contributed by atoms with Gasteiger partial charge in [0.15, 0.2) is 17.2 Å². The molecule has 0 saturated heterocycles. The molecule has 4 rings (SSSR count). The summed E-state index contributed by atoms with van der Waals surface area (Å²) in [6, 6.07) is 11.6. The smallest absolute Gasteiger partial charge is 0.359 e. The van der Waals surface area contributed by atoms with Crippen molar-refractivity contribution in [3.05, 3.63) is 64.1 Å². The molecule has 3 aromatic rings. The van der Waals surface area contributed by atoms with E-state index in [9.17, 15) is 4.79 Å². The van der Waals surface area contributed by atoms with E-state index in [0.29, 0.717) is 34.5 Å². The number of unbranched alkanes of at least 4 members (excludes halogenated alkanes) is 1. The van der Waals surface area contributed by atoms with Gasteiger partial charge in [-0.15, -0.1) is 11.8 Å². The maximum atomic E-state index is 12.9. The van der Waals surface area contributed by atoms with E-state index in [0.717, 1.165) is 47.0 Å². The lowest BCUT2D eigenvalue weighted by Gasteiger charge is -2.14. The van der Waals surface area contributed by atoms with E-state index in [1.54, 1.807) is 31.9 Å². The molecule has 1 aliphatic rings. The summed E-state index contributed by atoms with van der Waals surface area (Å²) < 4.78 is 23.7. The molecule has 35 heavy (non-hydrogen) atoms. The molecule has 0 N–H and O–H groups in total. The summed E-state index contributed by atoms with van der Waals surface area (Å²) in [6.07, 6.45) is 2.71. The summed E-state index contributed by atoms with van der Waals surface area (Å²) in [5.41, 5.74) is 2.32. The molecule has 0 bridgehead atoms. The Morgan fingerprint density at radius 3 is 2.60 bits per heavy atom. The summed E-state index contributed by atoms with van der Waals surface area (Å²) in [5, 5.41) is 1.34. The van der Waals surface area contributed by atoms with Gasteiger partial charge < -0.3 is 23.5 Å². The zero-order valence-corrected chi connectivity index (χ0v) is 21.7. The number of aryl methyl sites for hydroxylation is 1. The number of ether oxygens (including phenoxy) is 4. The first-order valence-corrected chi connectivity index (χ1v) is 13.0. The van der Waals surface area contributed by atoms with Crippen molar-refractivity contribution in [1.29, 1.82) is 0 Å². The molecule has 0 radical (unpaired) electrons. The molecular weight excluding hydrogens is 488 g/mol. The third-order valence-electron chi connectivity index (χ3n) is 5.63. The fraction of sp³-hybridized carbons (Fsp3) is 0.385. The fourth-order valence-corrected chi connectivity index (χ4v) is 5.07. The van der Waals surface area contributed by atoms with E-state index >= 15 is 0 Å². The van der Waals surface area contributed by atoms with Crippen LogP contribution in [0.25, 0.3) is 0 Å². The number of aromatic nitrogens is 2. The summed E-state index contributed by atoms with van der Waals surface area (Å²) in [6.45, 7) is 4.84. The van der Waals surface area contributed by atoms with Crippen LogP contribution in [0.1, 0.15) is 54.1 Å². The zero-order chi connectivity index (χ0) is 24.8. The number of thioether (sulfide) groups is 1. The second-order valence-electron chi connectivity index (χ2n) is 8.03. The topological polar surface area (TPSA) is 71.8 Å². The van der Waals surface area contributed by atoms with Gasteiger partial charge in [0.1, 0.15) is 16.6 Å². The normalized spacial score (nSPS) is 12.1. The first-order valence-electron chi connectivity index (χ1n) is 11.6. The molecule has 7 nitrogen and oxygen atoms in total. The number of hydrogen-bond donors (Lipinski definition) is 0. The molecule has 0 spiro atoms. The van der Waals surface area contributed by atoms with Gasteiger partial charge in [-0.1, -0.05) is 37.1 Å². The van der Waals surface area contributed by atoms with E-state index in [-0.39, 0.29) is 13.4 Å². The van der Waals surface area contributed by atoms with Gasteiger partial charge >= 0.3 is 5.97 Å². The van der Waals surface area contributed by atoms with Gasteiger partial charge in [-0.05, 0) is 42.7 Å². The number of carbonyl (C=O) groups is 1. The minimum atomic E-state index is -0.419. The number of rotatable bonds is 11. The highest BCUT2D eigenvalue weighted by Gasteiger charge is 2.25. The van der Waals surface area contributed by atoms with Gasteiger partial charge in [0.05, 0.1) is 20.3 Å². The van der Waals surface area contributed by atoms with Crippen LogP contribution in [0.4, 0.5) is 0 Å². The van der Waals surface area contributed by atoms with Crippen LogP contribution in [-0.4, -0.2) is 36.0 Å². The van der Waals surface area contributed by atoms with Crippen LogP contribution in [-0.2, 0) is 23.5 Å². The van der Waals surface area contributed by atoms with E-state index < -0.39 is 5.97 Å². The first kappa shape index (κ1) is 25.3. The fourth-order valence-electron chi connectivity index (χ4n) is 3.77. The number of halogens is 1. The second kappa shape index (κ2) is 11.7. The van der Waals surface area contributed by atoms with Crippen LogP contribution >= 0.6 is 23.4 Å². The van der Waals surface area contributed by atoms with Crippen LogP contribution in [0, 0.1) is 0 Å². The van der Waals surface area contributed by atoms with Crippen LogP contribution in [0.15, 0.2) is 41.4 Å². The molecule has 0 amide bonds. The zero-order valence-electron chi connectivity index (χ0n) is 20.1. The van der Waals surface area contributed by atoms with Gasteiger partial charge in [-0.2, -0.15) is 0 Å². The Bertz CT molecular complexity index is 1180. The average molecular weight is 517 g/mol. The number of benzene rings is 2. The number of hydrogen-bond acceptors (Lipinski definition) is 7. The van der Waals surface area contributed by atoms with E-state index in [4.69, 9.17) is 35.5 Å². The molecule has 186 valence electrons. The minimum Gasteiger partial charge on any atom is -0.497 e. The van der Waals surface area contributed by atoms with Crippen LogP contribution in [0.5, 0.6) is 17.2 Å². The number of carbonyl (C=O) groups excluding carboxylic acids is 1. The summed E-state index contributed by atoms with van der Waals surface area (Å²) in [5.74, 6) is 3.17. The van der Waals surface area contributed by atoms with Crippen molar-refractivity contribution in [3.63, 3.8) is 0 Å². The Kier molecular flexibility index (Phi) is 8.46. The van der Waals surface area contributed by atoms with Gasteiger partial charge in [0.25, 0.3) is 0 Å². The van der Waals surface area contributed by atoms with Crippen molar-refractivity contribution in [2.45, 2.75) is 50.4 Å². The predicted octanol–water partition coefficient (Wildman–Crippen LogP) is 6.13. The van der Waals surface area contributed by atoms with Crippen molar-refractivity contribution in [3.8, 4) is 17.2 Å². The molecule has 2 heterocycles. The molecule has 0 atom stereocenters. The van der Waals surface area contributed by atoms with Crippen molar-refractivity contribution in [2.75, 3.05) is 20.5 Å². The monoisotopic (exact) mass is 516 g/mol. The molecule has 1 aliphatic heterocycles. The number of esters is 1. The number of methoxy groups -OCH3 is 1. The maximum absolute atomic E-state index is 12.9. The summed E-state index contributed by atoms with van der Waals surface area (Å²) in [7, 11) is 1.65. The Morgan fingerprint density at radius 2 is 1.91 bits per heavy atom. The molecule has 0 fully saturated rings. The van der Waals surface area contributed by atoms with Crippen LogP contribution in [0.3, 0.4) is 0 Å². The molecule has 1 aromatic heterocycles. The summed E-state index contributed by atoms with van der Waals surface area (Å²) in [4.78, 5) is 17.6. The molecule has 0 aliphatic carbocycles. The quantitative estimate of drug-likeness (QED) is 0.224. The standard InChI is InChI=1S/C26H29ClN2O5S/c1-4-6-7-23-28-24(26(30)32-5-2)25(35-15-17-8-10-19(31-3)11-9-17)29(23)14-18-12-21-22(13-20(18)27)34-16-33-21/h8-13H,4-7,14-16H2,1-3H3. The molecule has 0 unspecified atom stereocenters. The SMILES string of the molecule is CCCCc1nc(C(=O)OCC)c(SCc2ccc(OC)cc2)n1Cc1cc2c(cc1Cl)OCO2. The number of nitrogens with zero attached hydrogens (tertiary/aromatic N) is 2. The number of imidazole rings is 1. The Balaban J connectivity index is 1.71.